The third kappa shape index (κ3) is 3.50. The summed E-state index contributed by atoms with van der Waals surface area (Å²) in [7, 11) is 0. The molecular weight excluding hydrogens is 344 g/mol. The van der Waals surface area contributed by atoms with Crippen LogP contribution in [0.4, 0.5) is 5.69 Å². The van der Waals surface area contributed by atoms with Crippen LogP contribution in [0.3, 0.4) is 0 Å². The molecule has 0 aliphatic carbocycles. The molecule has 4 heterocycles. The smallest absolute Gasteiger partial charge is 0.230 e. The molecule has 0 spiro atoms. The number of piperazine rings is 1. The van der Waals surface area contributed by atoms with E-state index in [0.29, 0.717) is 19.0 Å². The van der Waals surface area contributed by atoms with Gasteiger partial charge in [0.2, 0.25) is 11.8 Å². The van der Waals surface area contributed by atoms with E-state index in [1.165, 1.54) is 5.69 Å². The Morgan fingerprint density at radius 1 is 1.11 bits per heavy atom. The lowest BCUT2D eigenvalue weighted by atomic mass is 10.1. The van der Waals surface area contributed by atoms with Gasteiger partial charge < -0.3 is 14.1 Å². The molecule has 0 amide bonds. The van der Waals surface area contributed by atoms with E-state index in [1.807, 2.05) is 6.20 Å². The van der Waals surface area contributed by atoms with E-state index < -0.39 is 0 Å². The third-order valence-electron chi connectivity index (χ3n) is 5.35. The lowest BCUT2D eigenvalue weighted by Gasteiger charge is -2.35. The number of fused-ring (bicyclic) bond motifs is 1. The molecule has 1 aromatic carbocycles. The maximum absolute atomic E-state index is 5.86. The average Bonchev–Trinajstić information content (AvgIpc) is 3.40. The van der Waals surface area contributed by atoms with Crippen LogP contribution in [0.2, 0.25) is 0 Å². The Balaban J connectivity index is 1.19. The van der Waals surface area contributed by atoms with Gasteiger partial charge in [-0.1, -0.05) is 0 Å². The van der Waals surface area contributed by atoms with Crippen LogP contribution in [0.5, 0.6) is 0 Å². The molecule has 2 saturated heterocycles. The summed E-state index contributed by atoms with van der Waals surface area (Å²) in [4.78, 5) is 13.2. The summed E-state index contributed by atoms with van der Waals surface area (Å²) >= 11 is 0. The number of ether oxygens (including phenoxy) is 1. The van der Waals surface area contributed by atoms with Crippen LogP contribution in [0.25, 0.3) is 10.9 Å². The SMILES string of the molecule is c1ncc2cc(N3CCN(Cc4nnc(C5CCOC5)o4)CC3)ccc2n1. The molecule has 1 unspecified atom stereocenters. The van der Waals surface area contributed by atoms with E-state index in [2.05, 4.69) is 48.2 Å². The van der Waals surface area contributed by atoms with Crippen molar-refractivity contribution < 1.29 is 9.15 Å². The maximum Gasteiger partial charge on any atom is 0.230 e. The summed E-state index contributed by atoms with van der Waals surface area (Å²) in [5, 5.41) is 9.51. The lowest BCUT2D eigenvalue weighted by molar-refractivity contribution is 0.189. The highest BCUT2D eigenvalue weighted by atomic mass is 16.5. The van der Waals surface area contributed by atoms with Gasteiger partial charge >= 0.3 is 0 Å². The summed E-state index contributed by atoms with van der Waals surface area (Å²) in [6.45, 7) is 6.05. The van der Waals surface area contributed by atoms with Gasteiger partial charge in [-0.05, 0) is 24.6 Å². The highest BCUT2D eigenvalue weighted by Gasteiger charge is 2.25. The number of hydrogen-bond acceptors (Lipinski definition) is 8. The van der Waals surface area contributed by atoms with E-state index in [9.17, 15) is 0 Å². The van der Waals surface area contributed by atoms with Crippen LogP contribution in [-0.2, 0) is 11.3 Å². The number of hydrogen-bond donors (Lipinski definition) is 0. The standard InChI is InChI=1S/C19H22N6O2/c1-2-17-15(10-20-13-21-17)9-16(1)25-6-4-24(5-7-25)11-18-22-23-19(27-18)14-3-8-26-12-14/h1-2,9-10,13-14H,3-8,11-12H2. The first-order valence-electron chi connectivity index (χ1n) is 9.42. The first-order chi connectivity index (χ1) is 13.3. The number of nitrogens with zero attached hydrogens (tertiary/aromatic N) is 6. The van der Waals surface area contributed by atoms with Crippen LogP contribution in [0.1, 0.15) is 24.1 Å². The minimum absolute atomic E-state index is 0.264. The number of benzene rings is 1. The van der Waals surface area contributed by atoms with Crippen LogP contribution in [0, 0.1) is 0 Å². The van der Waals surface area contributed by atoms with Crippen molar-refractivity contribution >= 4 is 16.6 Å². The molecule has 8 heteroatoms. The summed E-state index contributed by atoms with van der Waals surface area (Å²) in [6, 6.07) is 6.36. The molecular formula is C19H22N6O2. The lowest BCUT2D eigenvalue weighted by Crippen LogP contribution is -2.46. The minimum atomic E-state index is 0.264. The van der Waals surface area contributed by atoms with Gasteiger partial charge in [-0.25, -0.2) is 9.97 Å². The van der Waals surface area contributed by atoms with Crippen LogP contribution in [-0.4, -0.2) is 64.5 Å². The summed E-state index contributed by atoms with van der Waals surface area (Å²) < 4.78 is 11.3. The van der Waals surface area contributed by atoms with E-state index in [-0.39, 0.29) is 5.92 Å². The fraction of sp³-hybridized carbons (Fsp3) is 0.474. The number of anilines is 1. The fourth-order valence-corrected chi connectivity index (χ4v) is 3.75. The zero-order valence-electron chi connectivity index (χ0n) is 15.1. The van der Waals surface area contributed by atoms with Gasteiger partial charge in [-0.3, -0.25) is 4.90 Å². The van der Waals surface area contributed by atoms with Crippen molar-refractivity contribution in [3.8, 4) is 0 Å². The number of rotatable bonds is 4. The van der Waals surface area contributed by atoms with Gasteiger partial charge in [0.25, 0.3) is 0 Å². The Hall–Kier alpha value is -2.58. The van der Waals surface area contributed by atoms with Gasteiger partial charge in [-0.2, -0.15) is 0 Å². The predicted molar refractivity (Wildman–Crippen MR) is 99.5 cm³/mol. The average molecular weight is 366 g/mol. The molecule has 2 aliphatic heterocycles. The zero-order chi connectivity index (χ0) is 18.1. The quantitative estimate of drug-likeness (QED) is 0.692. The van der Waals surface area contributed by atoms with Gasteiger partial charge in [0, 0.05) is 50.1 Å². The molecule has 1 atom stereocenters. The first kappa shape index (κ1) is 16.6. The fourth-order valence-electron chi connectivity index (χ4n) is 3.75. The van der Waals surface area contributed by atoms with Crippen molar-refractivity contribution in [3.05, 3.63) is 42.5 Å². The molecule has 0 N–H and O–H groups in total. The second-order valence-corrected chi connectivity index (χ2v) is 7.12. The topological polar surface area (TPSA) is 80.4 Å². The van der Waals surface area contributed by atoms with Gasteiger partial charge in [0.15, 0.2) is 0 Å². The Bertz CT molecular complexity index is 915. The van der Waals surface area contributed by atoms with Crippen LogP contribution < -0.4 is 4.90 Å². The summed E-state index contributed by atoms with van der Waals surface area (Å²) in [6.07, 6.45) is 4.42. The number of aromatic nitrogens is 4. The Labute approximate surface area is 157 Å². The van der Waals surface area contributed by atoms with Crippen LogP contribution in [0.15, 0.2) is 35.1 Å². The molecule has 27 heavy (non-hydrogen) atoms. The third-order valence-corrected chi connectivity index (χ3v) is 5.35. The van der Waals surface area contributed by atoms with Crippen molar-refractivity contribution in [2.24, 2.45) is 0 Å². The molecule has 2 fully saturated rings. The molecule has 2 aliphatic rings. The monoisotopic (exact) mass is 366 g/mol. The van der Waals surface area contributed by atoms with Crippen LogP contribution >= 0.6 is 0 Å². The van der Waals surface area contributed by atoms with E-state index in [1.54, 1.807) is 6.33 Å². The molecule has 8 nitrogen and oxygen atoms in total. The minimum Gasteiger partial charge on any atom is -0.423 e. The molecule has 140 valence electrons. The van der Waals surface area contributed by atoms with Crippen molar-refractivity contribution in [1.29, 1.82) is 0 Å². The van der Waals surface area contributed by atoms with E-state index >= 15 is 0 Å². The van der Waals surface area contributed by atoms with Crippen molar-refractivity contribution in [1.82, 2.24) is 25.1 Å². The first-order valence-corrected chi connectivity index (χ1v) is 9.42. The zero-order valence-corrected chi connectivity index (χ0v) is 15.1. The van der Waals surface area contributed by atoms with Crippen molar-refractivity contribution in [2.45, 2.75) is 18.9 Å². The second-order valence-electron chi connectivity index (χ2n) is 7.12. The summed E-state index contributed by atoms with van der Waals surface area (Å²) in [5.41, 5.74) is 2.20. The molecule has 5 rings (SSSR count). The molecule has 0 radical (unpaired) electrons. The van der Waals surface area contributed by atoms with E-state index in [0.717, 1.165) is 56.0 Å². The normalized spacial score (nSPS) is 21.2. The molecule has 2 aromatic heterocycles. The highest BCUT2D eigenvalue weighted by molar-refractivity contribution is 5.81. The molecule has 0 saturated carbocycles. The van der Waals surface area contributed by atoms with Gasteiger partial charge in [0.1, 0.15) is 6.33 Å². The second kappa shape index (κ2) is 7.21. The van der Waals surface area contributed by atoms with Crippen molar-refractivity contribution in [3.63, 3.8) is 0 Å². The molecule has 3 aromatic rings. The Morgan fingerprint density at radius 2 is 2.04 bits per heavy atom. The Kier molecular flexibility index (Phi) is 4.43. The predicted octanol–water partition coefficient (Wildman–Crippen LogP) is 1.84. The Morgan fingerprint density at radius 3 is 2.89 bits per heavy atom. The van der Waals surface area contributed by atoms with Crippen molar-refractivity contribution in [2.75, 3.05) is 44.3 Å². The largest absolute Gasteiger partial charge is 0.423 e. The van der Waals surface area contributed by atoms with Gasteiger partial charge in [0.05, 0.1) is 24.6 Å². The molecule has 0 bridgehead atoms. The van der Waals surface area contributed by atoms with Gasteiger partial charge in [-0.15, -0.1) is 10.2 Å². The maximum atomic E-state index is 5.86. The summed E-state index contributed by atoms with van der Waals surface area (Å²) in [5.74, 6) is 1.69. The highest BCUT2D eigenvalue weighted by Crippen LogP contribution is 2.25. The van der Waals surface area contributed by atoms with E-state index in [4.69, 9.17) is 9.15 Å².